The van der Waals surface area contributed by atoms with Crippen LogP contribution in [0, 0.1) is 5.82 Å². The van der Waals surface area contributed by atoms with E-state index in [1.54, 1.807) is 20.2 Å². The van der Waals surface area contributed by atoms with Gasteiger partial charge in [-0.3, -0.25) is 19.4 Å². The molecule has 2 amide bonds. The molecule has 6 rings (SSSR count). The number of ether oxygens (including phenoxy) is 1. The Hall–Kier alpha value is -3.51. The van der Waals surface area contributed by atoms with Crippen LogP contribution in [0.5, 0.6) is 5.75 Å². The molecule has 45 heavy (non-hydrogen) atoms. The van der Waals surface area contributed by atoms with E-state index in [1.807, 2.05) is 23.1 Å². The molecule has 1 unspecified atom stereocenters. The highest BCUT2D eigenvalue weighted by atomic mass is 35.5. The standard InChI is InChI=1S/C33H36ClFN4O5S/c1-36(2)31(40)29-7-6-18-38(29)33(26-14-8-22(19-30(26)44-3)21-37-16-4-5-17-37)27-20-23(34)9-15-28(27)39(32(33)41)45(42,43)25-12-10-24(35)11-13-25/h8-15,19-20,29H,4-7,16-18,21H2,1-3H3/t29-,33?/m0/s1. The zero-order valence-corrected chi connectivity index (χ0v) is 27.1. The zero-order chi connectivity index (χ0) is 32.1. The molecule has 0 radical (unpaired) electrons. The number of anilines is 1. The first kappa shape index (κ1) is 31.5. The van der Waals surface area contributed by atoms with Gasteiger partial charge in [-0.15, -0.1) is 0 Å². The van der Waals surface area contributed by atoms with Crippen molar-refractivity contribution in [3.05, 3.63) is 88.2 Å². The van der Waals surface area contributed by atoms with Crippen LogP contribution >= 0.6 is 11.6 Å². The lowest BCUT2D eigenvalue weighted by atomic mass is 9.80. The van der Waals surface area contributed by atoms with E-state index in [2.05, 4.69) is 4.90 Å². The third-order valence-corrected chi connectivity index (χ3v) is 11.0. The largest absolute Gasteiger partial charge is 0.496 e. The third-order valence-electron chi connectivity index (χ3n) is 9.08. The number of fused-ring (bicyclic) bond motifs is 1. The second-order valence-corrected chi connectivity index (χ2v) is 14.2. The molecule has 3 aliphatic heterocycles. The number of benzene rings is 3. The second kappa shape index (κ2) is 12.0. The number of carbonyl (C=O) groups excluding carboxylic acids is 2. The van der Waals surface area contributed by atoms with Crippen molar-refractivity contribution in [3.8, 4) is 5.75 Å². The molecule has 2 atom stereocenters. The molecule has 0 aromatic heterocycles. The maximum absolute atomic E-state index is 15.2. The summed E-state index contributed by atoms with van der Waals surface area (Å²) in [7, 11) is 0.302. The Morgan fingerprint density at radius 1 is 1.00 bits per heavy atom. The van der Waals surface area contributed by atoms with E-state index in [4.69, 9.17) is 16.3 Å². The molecule has 0 bridgehead atoms. The molecule has 2 fully saturated rings. The van der Waals surface area contributed by atoms with Gasteiger partial charge in [0.05, 0.1) is 23.7 Å². The van der Waals surface area contributed by atoms with Gasteiger partial charge in [-0.2, -0.15) is 0 Å². The lowest BCUT2D eigenvalue weighted by Gasteiger charge is -2.42. The number of methoxy groups -OCH3 is 1. The second-order valence-electron chi connectivity index (χ2n) is 12.0. The number of halogens is 2. The van der Waals surface area contributed by atoms with Crippen LogP contribution in [0.1, 0.15) is 42.4 Å². The predicted molar refractivity (Wildman–Crippen MR) is 169 cm³/mol. The highest BCUT2D eigenvalue weighted by Crippen LogP contribution is 2.55. The Kier molecular flexibility index (Phi) is 8.40. The summed E-state index contributed by atoms with van der Waals surface area (Å²) >= 11 is 6.58. The Morgan fingerprint density at radius 3 is 2.38 bits per heavy atom. The van der Waals surface area contributed by atoms with Gasteiger partial charge in [-0.25, -0.2) is 17.1 Å². The topological polar surface area (TPSA) is 90.5 Å². The number of nitrogens with zero attached hydrogens (tertiary/aromatic N) is 4. The van der Waals surface area contributed by atoms with Crippen molar-refractivity contribution in [1.29, 1.82) is 0 Å². The van der Waals surface area contributed by atoms with E-state index in [-0.39, 0.29) is 16.5 Å². The van der Waals surface area contributed by atoms with Crippen molar-refractivity contribution >= 4 is 39.1 Å². The molecule has 0 spiro atoms. The summed E-state index contributed by atoms with van der Waals surface area (Å²) in [6.45, 7) is 3.04. The van der Waals surface area contributed by atoms with Crippen molar-refractivity contribution < 1.29 is 27.1 Å². The first-order valence-corrected chi connectivity index (χ1v) is 16.8. The normalized spacial score (nSPS) is 22.2. The fourth-order valence-electron chi connectivity index (χ4n) is 7.04. The Balaban J connectivity index is 1.61. The average molecular weight is 655 g/mol. The van der Waals surface area contributed by atoms with Crippen molar-refractivity contribution in [2.24, 2.45) is 0 Å². The third kappa shape index (κ3) is 5.19. The molecular weight excluding hydrogens is 619 g/mol. The number of likely N-dealkylation sites (N-methyl/N-ethyl adjacent to an activating group) is 1. The number of hydrogen-bond acceptors (Lipinski definition) is 7. The van der Waals surface area contributed by atoms with Crippen LogP contribution in [0.3, 0.4) is 0 Å². The summed E-state index contributed by atoms with van der Waals surface area (Å²) in [5.41, 5.74) is 0.0635. The van der Waals surface area contributed by atoms with E-state index >= 15 is 4.79 Å². The summed E-state index contributed by atoms with van der Waals surface area (Å²) in [4.78, 5) is 34.3. The fraction of sp³-hybridized carbons (Fsp3) is 0.394. The summed E-state index contributed by atoms with van der Waals surface area (Å²) < 4.78 is 49.1. The van der Waals surface area contributed by atoms with E-state index in [1.165, 1.54) is 24.1 Å². The molecule has 0 saturated carbocycles. The van der Waals surface area contributed by atoms with Crippen molar-refractivity contribution in [1.82, 2.24) is 14.7 Å². The molecule has 3 aromatic carbocycles. The number of sulfonamides is 1. The van der Waals surface area contributed by atoms with E-state index in [0.717, 1.165) is 60.1 Å². The smallest absolute Gasteiger partial charge is 0.271 e. The first-order chi connectivity index (χ1) is 21.5. The van der Waals surface area contributed by atoms with Gasteiger partial charge in [-0.1, -0.05) is 23.7 Å². The molecule has 238 valence electrons. The lowest BCUT2D eigenvalue weighted by molar-refractivity contribution is -0.138. The summed E-state index contributed by atoms with van der Waals surface area (Å²) in [5, 5.41) is 0.297. The van der Waals surface area contributed by atoms with Crippen molar-refractivity contribution in [2.75, 3.05) is 45.1 Å². The quantitative estimate of drug-likeness (QED) is 0.350. The Morgan fingerprint density at radius 2 is 1.71 bits per heavy atom. The average Bonchev–Trinajstić information content (AvgIpc) is 3.76. The fourth-order valence-corrected chi connectivity index (χ4v) is 8.68. The van der Waals surface area contributed by atoms with Gasteiger partial charge in [0.15, 0.2) is 5.54 Å². The van der Waals surface area contributed by atoms with Gasteiger partial charge >= 0.3 is 0 Å². The minimum atomic E-state index is -4.53. The van der Waals surface area contributed by atoms with Crippen LogP contribution in [0.25, 0.3) is 0 Å². The van der Waals surface area contributed by atoms with Crippen LogP contribution in [-0.2, 0) is 31.7 Å². The van der Waals surface area contributed by atoms with Crippen LogP contribution in [0.4, 0.5) is 10.1 Å². The Bertz CT molecular complexity index is 1750. The maximum Gasteiger partial charge on any atom is 0.271 e. The molecule has 3 aromatic rings. The molecule has 12 heteroatoms. The molecule has 3 heterocycles. The SMILES string of the molecule is COc1cc(CN2CCCC2)ccc1C1(N2CCC[C@H]2C(=O)N(C)C)C(=O)N(S(=O)(=O)c2ccc(F)cc2)c2ccc(Cl)cc21. The van der Waals surface area contributed by atoms with Gasteiger partial charge < -0.3 is 9.64 Å². The van der Waals surface area contributed by atoms with Gasteiger partial charge in [0.1, 0.15) is 11.6 Å². The van der Waals surface area contributed by atoms with Gasteiger partial charge in [0.25, 0.3) is 15.9 Å². The first-order valence-electron chi connectivity index (χ1n) is 15.0. The molecular formula is C33H36ClFN4O5S. The Labute approximate surface area is 268 Å². The van der Waals surface area contributed by atoms with Crippen LogP contribution in [0.15, 0.2) is 65.6 Å². The predicted octanol–water partition coefficient (Wildman–Crippen LogP) is 4.62. The summed E-state index contributed by atoms with van der Waals surface area (Å²) in [6.07, 6.45) is 3.36. The highest BCUT2D eigenvalue weighted by molar-refractivity contribution is 7.93. The van der Waals surface area contributed by atoms with E-state index < -0.39 is 33.3 Å². The van der Waals surface area contributed by atoms with Gasteiger partial charge in [-0.05, 0) is 92.9 Å². The number of amides is 2. The molecule has 0 N–H and O–H groups in total. The lowest BCUT2D eigenvalue weighted by Crippen LogP contribution is -2.59. The minimum absolute atomic E-state index is 0.111. The minimum Gasteiger partial charge on any atom is -0.496 e. The number of rotatable bonds is 8. The van der Waals surface area contributed by atoms with Crippen LogP contribution in [0.2, 0.25) is 5.02 Å². The van der Waals surface area contributed by atoms with Crippen LogP contribution < -0.4 is 9.04 Å². The monoisotopic (exact) mass is 654 g/mol. The highest BCUT2D eigenvalue weighted by Gasteiger charge is 2.63. The molecule has 2 saturated heterocycles. The number of likely N-dealkylation sites (tertiary alicyclic amines) is 2. The molecule has 3 aliphatic rings. The van der Waals surface area contributed by atoms with Crippen molar-refractivity contribution in [3.63, 3.8) is 0 Å². The number of carbonyl (C=O) groups is 2. The van der Waals surface area contributed by atoms with E-state index in [0.29, 0.717) is 47.8 Å². The van der Waals surface area contributed by atoms with Crippen molar-refractivity contribution in [2.45, 2.75) is 48.7 Å². The summed E-state index contributed by atoms with van der Waals surface area (Å²) in [6, 6.07) is 13.9. The maximum atomic E-state index is 15.2. The molecule has 9 nitrogen and oxygen atoms in total. The number of hydrogen-bond donors (Lipinski definition) is 0. The summed E-state index contributed by atoms with van der Waals surface area (Å²) in [5.74, 6) is -1.19. The zero-order valence-electron chi connectivity index (χ0n) is 25.5. The van der Waals surface area contributed by atoms with Gasteiger partial charge in [0, 0.05) is 43.3 Å². The van der Waals surface area contributed by atoms with Crippen LogP contribution in [-0.4, -0.2) is 81.8 Å². The van der Waals surface area contributed by atoms with E-state index in [9.17, 15) is 17.6 Å². The molecule has 0 aliphatic carbocycles. The van der Waals surface area contributed by atoms with Gasteiger partial charge in [0.2, 0.25) is 5.91 Å².